The van der Waals surface area contributed by atoms with Crippen molar-refractivity contribution in [1.29, 1.82) is 0 Å². The number of carbonyl (C=O) groups is 1. The Morgan fingerprint density at radius 2 is 1.78 bits per heavy atom. The van der Waals surface area contributed by atoms with Crippen molar-refractivity contribution in [2.24, 2.45) is 0 Å². The fourth-order valence-corrected chi connectivity index (χ4v) is 3.19. The van der Waals surface area contributed by atoms with Crippen molar-refractivity contribution in [3.63, 3.8) is 0 Å². The summed E-state index contributed by atoms with van der Waals surface area (Å²) < 4.78 is 16.5. The molecule has 1 heterocycles. The molecule has 2 aromatic carbocycles. The number of fused-ring (bicyclic) bond motifs is 1. The van der Waals surface area contributed by atoms with E-state index >= 15 is 0 Å². The van der Waals surface area contributed by atoms with Crippen LogP contribution in [-0.2, 0) is 4.79 Å². The maximum atomic E-state index is 12.5. The first-order valence-electron chi connectivity index (χ1n) is 8.90. The van der Waals surface area contributed by atoms with E-state index in [9.17, 15) is 4.79 Å². The zero-order valence-corrected chi connectivity index (χ0v) is 16.1. The molecule has 1 aliphatic heterocycles. The molecule has 1 aliphatic rings. The SMILES string of the molecule is COc1ccc(/C=C/C(=O)NC2CC(C)(C)Oc3cc(OC)ccc32)cc1. The van der Waals surface area contributed by atoms with Gasteiger partial charge in [-0.15, -0.1) is 0 Å². The lowest BCUT2D eigenvalue weighted by atomic mass is 9.89. The molecule has 1 unspecified atom stereocenters. The van der Waals surface area contributed by atoms with Crippen LogP contribution in [0.3, 0.4) is 0 Å². The molecule has 3 rings (SSSR count). The summed E-state index contributed by atoms with van der Waals surface area (Å²) in [5.74, 6) is 2.12. The highest BCUT2D eigenvalue weighted by Crippen LogP contribution is 2.41. The van der Waals surface area contributed by atoms with Crippen molar-refractivity contribution in [2.75, 3.05) is 14.2 Å². The zero-order valence-electron chi connectivity index (χ0n) is 16.1. The van der Waals surface area contributed by atoms with Gasteiger partial charge in [0.25, 0.3) is 0 Å². The van der Waals surface area contributed by atoms with Crippen molar-refractivity contribution in [3.05, 3.63) is 59.7 Å². The van der Waals surface area contributed by atoms with Crippen LogP contribution in [0.25, 0.3) is 6.08 Å². The van der Waals surface area contributed by atoms with Crippen LogP contribution < -0.4 is 19.5 Å². The molecule has 1 N–H and O–H groups in total. The maximum absolute atomic E-state index is 12.5. The molecule has 0 bridgehead atoms. The highest BCUT2D eigenvalue weighted by atomic mass is 16.5. The average Bonchev–Trinajstić information content (AvgIpc) is 2.65. The number of carbonyl (C=O) groups excluding carboxylic acids is 1. The quantitative estimate of drug-likeness (QED) is 0.807. The second kappa shape index (κ2) is 7.74. The molecule has 0 spiro atoms. The summed E-state index contributed by atoms with van der Waals surface area (Å²) >= 11 is 0. The van der Waals surface area contributed by atoms with Gasteiger partial charge in [-0.1, -0.05) is 12.1 Å². The van der Waals surface area contributed by atoms with Gasteiger partial charge in [0, 0.05) is 24.1 Å². The lowest BCUT2D eigenvalue weighted by molar-refractivity contribution is -0.117. The topological polar surface area (TPSA) is 56.8 Å². The first kappa shape index (κ1) is 18.8. The van der Waals surface area contributed by atoms with Gasteiger partial charge in [-0.05, 0) is 49.8 Å². The number of ether oxygens (including phenoxy) is 3. The summed E-state index contributed by atoms with van der Waals surface area (Å²) in [4.78, 5) is 12.5. The molecule has 0 saturated carbocycles. The Kier molecular flexibility index (Phi) is 5.40. The minimum absolute atomic E-state index is 0.123. The van der Waals surface area contributed by atoms with E-state index in [-0.39, 0.29) is 17.6 Å². The van der Waals surface area contributed by atoms with E-state index in [2.05, 4.69) is 5.32 Å². The normalized spacial score (nSPS) is 17.7. The summed E-state index contributed by atoms with van der Waals surface area (Å²) in [5, 5.41) is 3.09. The molecule has 5 heteroatoms. The molecule has 1 amide bonds. The van der Waals surface area contributed by atoms with E-state index in [0.29, 0.717) is 6.42 Å². The molecule has 0 radical (unpaired) electrons. The minimum Gasteiger partial charge on any atom is -0.497 e. The molecule has 0 fully saturated rings. The first-order valence-corrected chi connectivity index (χ1v) is 8.90. The van der Waals surface area contributed by atoms with Crippen LogP contribution in [0.15, 0.2) is 48.5 Å². The van der Waals surface area contributed by atoms with Gasteiger partial charge >= 0.3 is 0 Å². The van der Waals surface area contributed by atoms with E-state index in [0.717, 1.165) is 28.4 Å². The Labute approximate surface area is 159 Å². The van der Waals surface area contributed by atoms with Crippen molar-refractivity contribution < 1.29 is 19.0 Å². The zero-order chi connectivity index (χ0) is 19.4. The predicted molar refractivity (Wildman–Crippen MR) is 105 cm³/mol. The third-order valence-corrected chi connectivity index (χ3v) is 4.54. The molecule has 142 valence electrons. The summed E-state index contributed by atoms with van der Waals surface area (Å²) in [7, 11) is 3.25. The van der Waals surface area contributed by atoms with Crippen LogP contribution >= 0.6 is 0 Å². The summed E-state index contributed by atoms with van der Waals surface area (Å²) in [5.41, 5.74) is 1.52. The molecule has 1 atom stereocenters. The Morgan fingerprint density at radius 3 is 2.44 bits per heavy atom. The van der Waals surface area contributed by atoms with E-state index in [1.54, 1.807) is 26.4 Å². The monoisotopic (exact) mass is 367 g/mol. The number of nitrogens with one attached hydrogen (secondary N) is 1. The number of benzene rings is 2. The van der Waals surface area contributed by atoms with Crippen molar-refractivity contribution in [3.8, 4) is 17.2 Å². The first-order chi connectivity index (χ1) is 12.9. The van der Waals surface area contributed by atoms with Gasteiger partial charge in [0.2, 0.25) is 5.91 Å². The third kappa shape index (κ3) is 4.61. The molecule has 0 saturated heterocycles. The lowest BCUT2D eigenvalue weighted by Crippen LogP contribution is -2.40. The predicted octanol–water partition coefficient (Wildman–Crippen LogP) is 4.14. The van der Waals surface area contributed by atoms with Crippen LogP contribution in [0.4, 0.5) is 0 Å². The third-order valence-electron chi connectivity index (χ3n) is 4.54. The molecule has 5 nitrogen and oxygen atoms in total. The Bertz CT molecular complexity index is 840. The van der Waals surface area contributed by atoms with Crippen molar-refractivity contribution in [1.82, 2.24) is 5.32 Å². The Morgan fingerprint density at radius 1 is 1.11 bits per heavy atom. The summed E-state index contributed by atoms with van der Waals surface area (Å²) in [6.45, 7) is 4.03. The lowest BCUT2D eigenvalue weighted by Gasteiger charge is -2.37. The van der Waals surface area contributed by atoms with Gasteiger partial charge in [-0.3, -0.25) is 4.79 Å². The van der Waals surface area contributed by atoms with Crippen LogP contribution in [0, 0.1) is 0 Å². The minimum atomic E-state index is -0.378. The van der Waals surface area contributed by atoms with Crippen LogP contribution in [0.2, 0.25) is 0 Å². The summed E-state index contributed by atoms with van der Waals surface area (Å²) in [6, 6.07) is 13.1. The number of hydrogen-bond donors (Lipinski definition) is 1. The fraction of sp³-hybridized carbons (Fsp3) is 0.318. The van der Waals surface area contributed by atoms with Crippen LogP contribution in [-0.4, -0.2) is 25.7 Å². The second-order valence-corrected chi connectivity index (χ2v) is 7.14. The van der Waals surface area contributed by atoms with E-state index in [1.165, 1.54) is 0 Å². The number of rotatable bonds is 5. The largest absolute Gasteiger partial charge is 0.497 e. The van der Waals surface area contributed by atoms with Gasteiger partial charge in [-0.25, -0.2) is 0 Å². The van der Waals surface area contributed by atoms with Crippen molar-refractivity contribution in [2.45, 2.75) is 31.9 Å². The smallest absolute Gasteiger partial charge is 0.244 e. The van der Waals surface area contributed by atoms with Gasteiger partial charge < -0.3 is 19.5 Å². The molecule has 27 heavy (non-hydrogen) atoms. The van der Waals surface area contributed by atoms with E-state index in [1.807, 2.05) is 56.3 Å². The van der Waals surface area contributed by atoms with E-state index in [4.69, 9.17) is 14.2 Å². The number of methoxy groups -OCH3 is 2. The maximum Gasteiger partial charge on any atom is 0.244 e. The van der Waals surface area contributed by atoms with Crippen LogP contribution in [0.5, 0.6) is 17.2 Å². The van der Waals surface area contributed by atoms with Crippen LogP contribution in [0.1, 0.15) is 37.4 Å². The van der Waals surface area contributed by atoms with E-state index < -0.39 is 0 Å². The van der Waals surface area contributed by atoms with Gasteiger partial charge in [-0.2, -0.15) is 0 Å². The molecular formula is C22H25NO4. The Balaban J connectivity index is 1.74. The highest BCUT2D eigenvalue weighted by molar-refractivity contribution is 5.92. The molecule has 2 aromatic rings. The number of amides is 1. The molecule has 0 aliphatic carbocycles. The number of hydrogen-bond acceptors (Lipinski definition) is 4. The molecular weight excluding hydrogens is 342 g/mol. The highest BCUT2D eigenvalue weighted by Gasteiger charge is 2.34. The molecule has 0 aromatic heterocycles. The fourth-order valence-electron chi connectivity index (χ4n) is 3.19. The van der Waals surface area contributed by atoms with Gasteiger partial charge in [0.05, 0.1) is 20.3 Å². The second-order valence-electron chi connectivity index (χ2n) is 7.14. The van der Waals surface area contributed by atoms with Gasteiger partial charge in [0.15, 0.2) is 0 Å². The van der Waals surface area contributed by atoms with Crippen molar-refractivity contribution >= 4 is 12.0 Å². The Hall–Kier alpha value is -2.95. The average molecular weight is 367 g/mol. The summed E-state index contributed by atoms with van der Waals surface area (Å²) in [6.07, 6.45) is 4.02. The van der Waals surface area contributed by atoms with Gasteiger partial charge in [0.1, 0.15) is 22.8 Å². The standard InChI is InChI=1S/C22H25NO4/c1-22(2)14-19(18-11-10-17(26-4)13-20(18)27-22)23-21(24)12-7-15-5-8-16(25-3)9-6-15/h5-13,19H,14H2,1-4H3,(H,23,24)/b12-7+.